The number of aliphatic hydroxyl groups is 1. The van der Waals surface area contributed by atoms with Crippen LogP contribution in [0.1, 0.15) is 11.5 Å². The van der Waals surface area contributed by atoms with Gasteiger partial charge in [-0.1, -0.05) is 0 Å². The van der Waals surface area contributed by atoms with Crippen LogP contribution >= 0.6 is 0 Å². The van der Waals surface area contributed by atoms with E-state index in [0.29, 0.717) is 13.0 Å². The standard InChI is InChI=1S/C15H19N5O2/c1-10-13-14(17-9-18-15(13)20(2)19-10)16-7-11(8-21)6-12-4-3-5-22-12/h3-5,9,11,21H,6-8H2,1-2H3,(H,16,17,18)/t11-/m0/s1. The van der Waals surface area contributed by atoms with Gasteiger partial charge in [-0.3, -0.25) is 4.68 Å². The Morgan fingerprint density at radius 1 is 1.41 bits per heavy atom. The second-order valence-corrected chi connectivity index (χ2v) is 5.34. The number of hydrogen-bond donors (Lipinski definition) is 2. The van der Waals surface area contributed by atoms with Gasteiger partial charge in [-0.25, -0.2) is 9.97 Å². The highest BCUT2D eigenvalue weighted by molar-refractivity contribution is 5.89. The Bertz CT molecular complexity index is 751. The van der Waals surface area contributed by atoms with E-state index in [9.17, 15) is 5.11 Å². The van der Waals surface area contributed by atoms with E-state index < -0.39 is 0 Å². The lowest BCUT2D eigenvalue weighted by Crippen LogP contribution is -2.20. The predicted molar refractivity (Wildman–Crippen MR) is 82.5 cm³/mol. The number of aliphatic hydroxyl groups excluding tert-OH is 1. The van der Waals surface area contributed by atoms with Gasteiger partial charge < -0.3 is 14.8 Å². The Morgan fingerprint density at radius 3 is 3.00 bits per heavy atom. The molecule has 0 amide bonds. The van der Waals surface area contributed by atoms with Gasteiger partial charge in [0, 0.05) is 32.5 Å². The number of nitrogens with zero attached hydrogens (tertiary/aromatic N) is 4. The Kier molecular flexibility index (Phi) is 4.06. The SMILES string of the molecule is Cc1nn(C)c2ncnc(NC[C@@H](CO)Cc3ccco3)c12. The second kappa shape index (κ2) is 6.15. The van der Waals surface area contributed by atoms with Crippen molar-refractivity contribution in [1.29, 1.82) is 0 Å². The normalized spacial score (nSPS) is 12.7. The molecule has 3 aromatic rings. The lowest BCUT2D eigenvalue weighted by Gasteiger charge is -2.14. The minimum absolute atomic E-state index is 0.0492. The quantitative estimate of drug-likeness (QED) is 0.717. The van der Waals surface area contributed by atoms with Gasteiger partial charge >= 0.3 is 0 Å². The summed E-state index contributed by atoms with van der Waals surface area (Å²) in [5.41, 5.74) is 1.67. The Labute approximate surface area is 128 Å². The van der Waals surface area contributed by atoms with Gasteiger partial charge in [-0.05, 0) is 19.1 Å². The van der Waals surface area contributed by atoms with Crippen molar-refractivity contribution >= 4 is 16.9 Å². The number of nitrogens with one attached hydrogen (secondary N) is 1. The maximum Gasteiger partial charge on any atom is 0.163 e. The molecule has 0 radical (unpaired) electrons. The van der Waals surface area contributed by atoms with Gasteiger partial charge in [0.05, 0.1) is 17.3 Å². The molecule has 1 atom stereocenters. The van der Waals surface area contributed by atoms with Gasteiger partial charge in [0.25, 0.3) is 0 Å². The summed E-state index contributed by atoms with van der Waals surface area (Å²) in [6, 6.07) is 3.76. The first-order valence-corrected chi connectivity index (χ1v) is 7.20. The van der Waals surface area contributed by atoms with E-state index in [4.69, 9.17) is 4.42 Å². The molecule has 7 heteroatoms. The molecule has 7 nitrogen and oxygen atoms in total. The average Bonchev–Trinajstić information content (AvgIpc) is 3.12. The van der Waals surface area contributed by atoms with Crippen LogP contribution in [-0.4, -0.2) is 38.0 Å². The Morgan fingerprint density at radius 2 is 2.27 bits per heavy atom. The number of hydrogen-bond acceptors (Lipinski definition) is 6. The number of anilines is 1. The molecule has 0 unspecified atom stereocenters. The molecule has 0 bridgehead atoms. The van der Waals surface area contributed by atoms with Crippen LogP contribution in [0.25, 0.3) is 11.0 Å². The first-order valence-electron chi connectivity index (χ1n) is 7.20. The number of aryl methyl sites for hydroxylation is 2. The maximum atomic E-state index is 9.54. The van der Waals surface area contributed by atoms with E-state index in [1.165, 1.54) is 6.33 Å². The summed E-state index contributed by atoms with van der Waals surface area (Å²) in [5, 5.41) is 18.1. The highest BCUT2D eigenvalue weighted by atomic mass is 16.3. The first kappa shape index (κ1) is 14.5. The predicted octanol–water partition coefficient (Wildman–Crippen LogP) is 1.53. The Balaban J connectivity index is 1.75. The van der Waals surface area contributed by atoms with Crippen molar-refractivity contribution < 1.29 is 9.52 Å². The summed E-state index contributed by atoms with van der Waals surface area (Å²) in [5.74, 6) is 1.66. The van der Waals surface area contributed by atoms with Gasteiger partial charge in [-0.15, -0.1) is 0 Å². The molecule has 3 heterocycles. The third kappa shape index (κ3) is 2.80. The van der Waals surface area contributed by atoms with Crippen LogP contribution in [0.2, 0.25) is 0 Å². The zero-order valence-corrected chi connectivity index (χ0v) is 12.7. The van der Waals surface area contributed by atoms with Crippen molar-refractivity contribution in [3.05, 3.63) is 36.2 Å². The molecule has 0 spiro atoms. The molecule has 2 N–H and O–H groups in total. The van der Waals surface area contributed by atoms with Crippen molar-refractivity contribution in [3.63, 3.8) is 0 Å². The third-order valence-electron chi connectivity index (χ3n) is 3.68. The summed E-state index contributed by atoms with van der Waals surface area (Å²) in [4.78, 5) is 8.56. The molecular weight excluding hydrogens is 282 g/mol. The number of aromatic nitrogens is 4. The van der Waals surface area contributed by atoms with Crippen molar-refractivity contribution in [2.24, 2.45) is 13.0 Å². The number of rotatable bonds is 6. The molecule has 0 aliphatic rings. The fourth-order valence-corrected chi connectivity index (χ4v) is 2.57. The summed E-state index contributed by atoms with van der Waals surface area (Å²) in [6.45, 7) is 2.61. The zero-order chi connectivity index (χ0) is 15.5. The number of furan rings is 1. The molecule has 0 aliphatic heterocycles. The minimum Gasteiger partial charge on any atom is -0.469 e. The van der Waals surface area contributed by atoms with Crippen molar-refractivity contribution in [2.45, 2.75) is 13.3 Å². The lowest BCUT2D eigenvalue weighted by molar-refractivity contribution is 0.226. The minimum atomic E-state index is 0.0492. The van der Waals surface area contributed by atoms with Crippen molar-refractivity contribution in [1.82, 2.24) is 19.7 Å². The third-order valence-corrected chi connectivity index (χ3v) is 3.68. The molecule has 0 saturated heterocycles. The summed E-state index contributed by atoms with van der Waals surface area (Å²) in [6.07, 6.45) is 3.84. The van der Waals surface area contributed by atoms with Gasteiger partial charge in [0.15, 0.2) is 5.65 Å². The van der Waals surface area contributed by atoms with Gasteiger partial charge in [-0.2, -0.15) is 5.10 Å². The molecule has 3 aromatic heterocycles. The fraction of sp³-hybridized carbons (Fsp3) is 0.400. The molecule has 0 saturated carbocycles. The van der Waals surface area contributed by atoms with Crippen LogP contribution < -0.4 is 5.32 Å². The maximum absolute atomic E-state index is 9.54. The second-order valence-electron chi connectivity index (χ2n) is 5.34. The summed E-state index contributed by atoms with van der Waals surface area (Å²) in [7, 11) is 1.86. The molecule has 0 fully saturated rings. The molecular formula is C15H19N5O2. The molecule has 22 heavy (non-hydrogen) atoms. The largest absolute Gasteiger partial charge is 0.469 e. The highest BCUT2D eigenvalue weighted by Gasteiger charge is 2.15. The van der Waals surface area contributed by atoms with E-state index in [1.54, 1.807) is 10.9 Å². The van der Waals surface area contributed by atoms with Gasteiger partial charge in [0.2, 0.25) is 0 Å². The smallest absolute Gasteiger partial charge is 0.163 e. The molecule has 0 aromatic carbocycles. The van der Waals surface area contributed by atoms with Crippen LogP contribution in [0.3, 0.4) is 0 Å². The van der Waals surface area contributed by atoms with E-state index in [1.807, 2.05) is 26.1 Å². The van der Waals surface area contributed by atoms with Crippen LogP contribution in [-0.2, 0) is 13.5 Å². The summed E-state index contributed by atoms with van der Waals surface area (Å²) < 4.78 is 7.07. The molecule has 0 aliphatic carbocycles. The van der Waals surface area contributed by atoms with Crippen LogP contribution in [0.15, 0.2) is 29.1 Å². The Hall–Kier alpha value is -2.41. The van der Waals surface area contributed by atoms with E-state index >= 15 is 0 Å². The van der Waals surface area contributed by atoms with E-state index in [0.717, 1.165) is 28.3 Å². The monoisotopic (exact) mass is 301 g/mol. The van der Waals surface area contributed by atoms with Crippen LogP contribution in [0.5, 0.6) is 0 Å². The van der Waals surface area contributed by atoms with E-state index in [-0.39, 0.29) is 12.5 Å². The fourth-order valence-electron chi connectivity index (χ4n) is 2.57. The van der Waals surface area contributed by atoms with E-state index in [2.05, 4.69) is 20.4 Å². The lowest BCUT2D eigenvalue weighted by atomic mass is 10.1. The van der Waals surface area contributed by atoms with Crippen LogP contribution in [0.4, 0.5) is 5.82 Å². The molecule has 116 valence electrons. The van der Waals surface area contributed by atoms with Crippen molar-refractivity contribution in [2.75, 3.05) is 18.5 Å². The zero-order valence-electron chi connectivity index (χ0n) is 12.7. The topological polar surface area (TPSA) is 89.0 Å². The average molecular weight is 301 g/mol. The highest BCUT2D eigenvalue weighted by Crippen LogP contribution is 2.22. The van der Waals surface area contributed by atoms with Crippen LogP contribution in [0, 0.1) is 12.8 Å². The summed E-state index contributed by atoms with van der Waals surface area (Å²) >= 11 is 0. The first-order chi connectivity index (χ1) is 10.7. The number of fused-ring (bicyclic) bond motifs is 1. The van der Waals surface area contributed by atoms with Gasteiger partial charge in [0.1, 0.15) is 17.9 Å². The molecule has 3 rings (SSSR count). The van der Waals surface area contributed by atoms with Crippen molar-refractivity contribution in [3.8, 4) is 0 Å².